The molecule has 0 fully saturated rings. The second-order valence-corrected chi connectivity index (χ2v) is 3.64. The van der Waals surface area contributed by atoms with Crippen LogP contribution in [0.1, 0.15) is 24.0 Å². The number of rotatable bonds is 4. The summed E-state index contributed by atoms with van der Waals surface area (Å²) in [5, 5.41) is 9.03. The number of hydrogen-bond acceptors (Lipinski definition) is 3. The fraction of sp³-hybridized carbons (Fsp3) is 0.417. The summed E-state index contributed by atoms with van der Waals surface area (Å²) in [6.07, 6.45) is 0. The Morgan fingerprint density at radius 3 is 2.00 bits per heavy atom. The summed E-state index contributed by atoms with van der Waals surface area (Å²) in [5.74, 6) is -0.468. The largest absolute Gasteiger partial charge is 0.496 e. The van der Waals surface area contributed by atoms with E-state index in [2.05, 4.69) is 0 Å². The monoisotopic (exact) mass is 224 g/mol. The average Bonchev–Trinajstić information content (AvgIpc) is 2.26. The van der Waals surface area contributed by atoms with Crippen molar-refractivity contribution in [2.45, 2.75) is 19.8 Å². The molecule has 0 saturated carbocycles. The average molecular weight is 224 g/mol. The van der Waals surface area contributed by atoms with E-state index in [1.807, 2.05) is 6.92 Å². The van der Waals surface area contributed by atoms with E-state index >= 15 is 0 Å². The van der Waals surface area contributed by atoms with Crippen LogP contribution in [0.15, 0.2) is 12.1 Å². The standard InChI is InChI=1S/C12H16O4/c1-7-5-9(15-3)11(8(2)12(13)14)10(6-7)16-4/h5-6,8H,1-4H3,(H,13,14). The SMILES string of the molecule is COc1cc(C)cc(OC)c1C(C)C(=O)O. The Bertz CT molecular complexity index is 373. The lowest BCUT2D eigenvalue weighted by Crippen LogP contribution is -2.10. The van der Waals surface area contributed by atoms with Gasteiger partial charge in [0.1, 0.15) is 11.5 Å². The van der Waals surface area contributed by atoms with Gasteiger partial charge in [-0.05, 0) is 31.5 Å². The van der Waals surface area contributed by atoms with E-state index in [4.69, 9.17) is 14.6 Å². The molecule has 16 heavy (non-hydrogen) atoms. The first kappa shape index (κ1) is 12.4. The molecule has 0 spiro atoms. The van der Waals surface area contributed by atoms with Crippen LogP contribution in [0.2, 0.25) is 0 Å². The zero-order valence-corrected chi connectivity index (χ0v) is 9.90. The van der Waals surface area contributed by atoms with Crippen LogP contribution in [0.5, 0.6) is 11.5 Å². The summed E-state index contributed by atoms with van der Waals surface area (Å²) in [4.78, 5) is 11.0. The molecule has 1 aromatic rings. The highest BCUT2D eigenvalue weighted by Crippen LogP contribution is 2.36. The third kappa shape index (κ3) is 2.27. The highest BCUT2D eigenvalue weighted by molar-refractivity contribution is 5.78. The first-order valence-corrected chi connectivity index (χ1v) is 4.96. The quantitative estimate of drug-likeness (QED) is 0.851. The zero-order chi connectivity index (χ0) is 12.3. The van der Waals surface area contributed by atoms with Crippen molar-refractivity contribution in [3.8, 4) is 11.5 Å². The van der Waals surface area contributed by atoms with Gasteiger partial charge < -0.3 is 14.6 Å². The van der Waals surface area contributed by atoms with Crippen LogP contribution < -0.4 is 9.47 Å². The number of carboxylic acids is 1. The van der Waals surface area contributed by atoms with Gasteiger partial charge in [-0.25, -0.2) is 0 Å². The number of aliphatic carboxylic acids is 1. The zero-order valence-electron chi connectivity index (χ0n) is 9.90. The Hall–Kier alpha value is -1.71. The molecule has 1 unspecified atom stereocenters. The lowest BCUT2D eigenvalue weighted by atomic mass is 9.97. The second kappa shape index (κ2) is 4.88. The molecule has 0 radical (unpaired) electrons. The predicted octanol–water partition coefficient (Wildman–Crippen LogP) is 2.20. The molecule has 0 aliphatic rings. The Balaban J connectivity index is 3.38. The second-order valence-electron chi connectivity index (χ2n) is 3.64. The van der Waals surface area contributed by atoms with Crippen LogP contribution in [-0.4, -0.2) is 25.3 Å². The predicted molar refractivity (Wildman–Crippen MR) is 60.3 cm³/mol. The molecule has 0 bridgehead atoms. The molecule has 1 N–H and O–H groups in total. The summed E-state index contributed by atoms with van der Waals surface area (Å²) in [5.41, 5.74) is 1.54. The van der Waals surface area contributed by atoms with E-state index in [1.54, 1.807) is 19.1 Å². The molecular formula is C12H16O4. The molecule has 0 aliphatic heterocycles. The van der Waals surface area contributed by atoms with Crippen LogP contribution in [0.25, 0.3) is 0 Å². The van der Waals surface area contributed by atoms with Gasteiger partial charge in [-0.1, -0.05) is 0 Å². The maximum Gasteiger partial charge on any atom is 0.310 e. The molecule has 0 amide bonds. The fourth-order valence-electron chi connectivity index (χ4n) is 1.62. The summed E-state index contributed by atoms with van der Waals surface area (Å²) in [6, 6.07) is 3.61. The molecule has 4 heteroatoms. The van der Waals surface area contributed by atoms with Gasteiger partial charge in [0.05, 0.1) is 25.7 Å². The van der Waals surface area contributed by atoms with Gasteiger partial charge in [0.2, 0.25) is 0 Å². The molecule has 0 aromatic heterocycles. The van der Waals surface area contributed by atoms with E-state index in [9.17, 15) is 4.79 Å². The van der Waals surface area contributed by atoms with Gasteiger partial charge in [-0.2, -0.15) is 0 Å². The van der Waals surface area contributed by atoms with Crippen molar-refractivity contribution in [2.24, 2.45) is 0 Å². The molecule has 0 aliphatic carbocycles. The molecule has 88 valence electrons. The van der Waals surface area contributed by atoms with Crippen LogP contribution in [0.4, 0.5) is 0 Å². The van der Waals surface area contributed by atoms with Gasteiger partial charge in [0.25, 0.3) is 0 Å². The highest BCUT2D eigenvalue weighted by atomic mass is 16.5. The van der Waals surface area contributed by atoms with Gasteiger partial charge in [0, 0.05) is 0 Å². The molecule has 1 aromatic carbocycles. The van der Waals surface area contributed by atoms with E-state index in [0.717, 1.165) is 5.56 Å². The summed E-state index contributed by atoms with van der Waals surface area (Å²) >= 11 is 0. The Kier molecular flexibility index (Phi) is 3.77. The van der Waals surface area contributed by atoms with Gasteiger partial charge in [-0.3, -0.25) is 4.79 Å². The Labute approximate surface area is 94.8 Å². The Morgan fingerprint density at radius 1 is 1.25 bits per heavy atom. The minimum atomic E-state index is -0.902. The number of carbonyl (C=O) groups is 1. The number of benzene rings is 1. The summed E-state index contributed by atoms with van der Waals surface area (Å²) in [6.45, 7) is 3.51. The first-order valence-electron chi connectivity index (χ1n) is 4.96. The van der Waals surface area contributed by atoms with Crippen molar-refractivity contribution >= 4 is 5.97 Å². The first-order chi connectivity index (χ1) is 7.51. The van der Waals surface area contributed by atoms with Crippen LogP contribution in [0.3, 0.4) is 0 Å². The van der Waals surface area contributed by atoms with E-state index in [0.29, 0.717) is 17.1 Å². The maximum atomic E-state index is 11.0. The summed E-state index contributed by atoms with van der Waals surface area (Å²) in [7, 11) is 3.04. The van der Waals surface area contributed by atoms with Gasteiger partial charge in [0.15, 0.2) is 0 Å². The smallest absolute Gasteiger partial charge is 0.310 e. The van der Waals surface area contributed by atoms with Gasteiger partial charge in [-0.15, -0.1) is 0 Å². The van der Waals surface area contributed by atoms with Gasteiger partial charge >= 0.3 is 5.97 Å². The number of aryl methyl sites for hydroxylation is 1. The fourth-order valence-corrected chi connectivity index (χ4v) is 1.62. The van der Waals surface area contributed by atoms with Crippen molar-refractivity contribution in [2.75, 3.05) is 14.2 Å². The van der Waals surface area contributed by atoms with Crippen molar-refractivity contribution in [3.63, 3.8) is 0 Å². The van der Waals surface area contributed by atoms with E-state index in [1.165, 1.54) is 14.2 Å². The number of hydrogen-bond donors (Lipinski definition) is 1. The lowest BCUT2D eigenvalue weighted by molar-refractivity contribution is -0.138. The van der Waals surface area contributed by atoms with Crippen LogP contribution >= 0.6 is 0 Å². The van der Waals surface area contributed by atoms with Crippen LogP contribution in [-0.2, 0) is 4.79 Å². The van der Waals surface area contributed by atoms with E-state index < -0.39 is 11.9 Å². The number of ether oxygens (including phenoxy) is 2. The van der Waals surface area contributed by atoms with Crippen molar-refractivity contribution < 1.29 is 19.4 Å². The maximum absolute atomic E-state index is 11.0. The number of methoxy groups -OCH3 is 2. The number of carboxylic acid groups (broad SMARTS) is 1. The molecule has 1 atom stereocenters. The molecule has 1 rings (SSSR count). The minimum Gasteiger partial charge on any atom is -0.496 e. The molecule has 4 nitrogen and oxygen atoms in total. The minimum absolute atomic E-state index is 0.548. The van der Waals surface area contributed by atoms with Crippen LogP contribution in [0, 0.1) is 6.92 Å². The van der Waals surface area contributed by atoms with Crippen molar-refractivity contribution in [1.29, 1.82) is 0 Å². The third-order valence-corrected chi connectivity index (χ3v) is 2.49. The topological polar surface area (TPSA) is 55.8 Å². The molecular weight excluding hydrogens is 208 g/mol. The van der Waals surface area contributed by atoms with E-state index in [-0.39, 0.29) is 0 Å². The summed E-state index contributed by atoms with van der Waals surface area (Å²) < 4.78 is 10.4. The highest BCUT2D eigenvalue weighted by Gasteiger charge is 2.23. The third-order valence-electron chi connectivity index (χ3n) is 2.49. The lowest BCUT2D eigenvalue weighted by Gasteiger charge is -2.17. The molecule has 0 heterocycles. The normalized spacial score (nSPS) is 12.0. The Morgan fingerprint density at radius 2 is 1.69 bits per heavy atom. The molecule has 0 saturated heterocycles. The van der Waals surface area contributed by atoms with Crippen molar-refractivity contribution in [3.05, 3.63) is 23.3 Å². The van der Waals surface area contributed by atoms with Crippen molar-refractivity contribution in [1.82, 2.24) is 0 Å².